The van der Waals surface area contributed by atoms with Crippen LogP contribution in [0.5, 0.6) is 0 Å². The quantitative estimate of drug-likeness (QED) is 0.543. The molecule has 0 atom stereocenters. The molecule has 1 N–H and O–H groups in total. The Morgan fingerprint density at radius 3 is 2.43 bits per heavy atom. The Morgan fingerprint density at radius 1 is 1.57 bits per heavy atom. The monoisotopic (exact) mass is 215 g/mol. The second kappa shape index (κ2) is 6.55. The molecule has 0 heterocycles. The van der Waals surface area contributed by atoms with Crippen molar-refractivity contribution in [3.63, 3.8) is 0 Å². The fourth-order valence-corrected chi connectivity index (χ4v) is 1.34. The van der Waals surface area contributed by atoms with Crippen LogP contribution in [0.3, 0.4) is 0 Å². The minimum Gasteiger partial charge on any atom is -0.495 e. The van der Waals surface area contributed by atoms with Gasteiger partial charge in [-0.25, -0.2) is 0 Å². The zero-order chi connectivity index (χ0) is 11.1. The van der Waals surface area contributed by atoms with E-state index in [9.17, 15) is 0 Å². The maximum Gasteiger partial charge on any atom is 0.138 e. The van der Waals surface area contributed by atoms with Gasteiger partial charge in [0.15, 0.2) is 0 Å². The van der Waals surface area contributed by atoms with Crippen LogP contribution in [0.4, 0.5) is 0 Å². The molecule has 3 heteroatoms. The van der Waals surface area contributed by atoms with Crippen molar-refractivity contribution in [2.24, 2.45) is 5.92 Å². The third kappa shape index (κ3) is 3.88. The molecule has 14 heavy (non-hydrogen) atoms. The zero-order valence-electron chi connectivity index (χ0n) is 9.06. The van der Waals surface area contributed by atoms with Gasteiger partial charge in [-0.3, -0.25) is 0 Å². The van der Waals surface area contributed by atoms with Gasteiger partial charge in [-0.05, 0) is 17.7 Å². The predicted molar refractivity (Wildman–Crippen MR) is 62.1 cm³/mol. The Labute approximate surface area is 91.3 Å². The first-order valence-electron chi connectivity index (χ1n) is 4.50. The van der Waals surface area contributed by atoms with Crippen molar-refractivity contribution in [3.05, 3.63) is 35.7 Å². The van der Waals surface area contributed by atoms with E-state index in [0.717, 1.165) is 5.57 Å². The van der Waals surface area contributed by atoms with E-state index in [1.54, 1.807) is 13.3 Å². The Hall–Kier alpha value is -0.890. The van der Waals surface area contributed by atoms with E-state index in [1.165, 1.54) is 0 Å². The molecule has 0 saturated heterocycles. The fraction of sp³-hybridized carbons (Fsp3) is 0.455. The molecule has 0 rings (SSSR count). The Bertz CT molecular complexity index is 244. The van der Waals surface area contributed by atoms with Crippen LogP contribution in [-0.2, 0) is 4.74 Å². The van der Waals surface area contributed by atoms with Gasteiger partial charge in [-0.1, -0.05) is 38.6 Å². The molecule has 0 spiro atoms. The van der Waals surface area contributed by atoms with Crippen molar-refractivity contribution in [2.75, 3.05) is 13.7 Å². The number of hydrogen-bond acceptors (Lipinski definition) is 2. The van der Waals surface area contributed by atoms with Gasteiger partial charge >= 0.3 is 0 Å². The van der Waals surface area contributed by atoms with Crippen LogP contribution in [0.25, 0.3) is 0 Å². The molecule has 2 nitrogen and oxygen atoms in total. The molecular weight excluding hydrogens is 198 g/mol. The molecular formula is C11H18ClNO. The molecule has 0 bridgehead atoms. The lowest BCUT2D eigenvalue weighted by molar-refractivity contribution is 0.295. The van der Waals surface area contributed by atoms with E-state index in [1.807, 2.05) is 0 Å². The summed E-state index contributed by atoms with van der Waals surface area (Å²) in [5.74, 6) is 1.02. The number of halogens is 1. The minimum absolute atomic E-state index is 0.355. The van der Waals surface area contributed by atoms with Crippen molar-refractivity contribution in [2.45, 2.75) is 13.8 Å². The second-order valence-electron chi connectivity index (χ2n) is 3.20. The molecule has 0 saturated carbocycles. The highest BCUT2D eigenvalue weighted by molar-refractivity contribution is 6.31. The van der Waals surface area contributed by atoms with Crippen molar-refractivity contribution in [3.8, 4) is 0 Å². The highest BCUT2D eigenvalue weighted by Gasteiger charge is 2.12. The van der Waals surface area contributed by atoms with Crippen LogP contribution in [0.2, 0.25) is 0 Å². The topological polar surface area (TPSA) is 21.3 Å². The van der Waals surface area contributed by atoms with Gasteiger partial charge in [-0.15, -0.1) is 0 Å². The van der Waals surface area contributed by atoms with E-state index in [4.69, 9.17) is 16.3 Å². The van der Waals surface area contributed by atoms with Gasteiger partial charge in [0.1, 0.15) is 5.76 Å². The van der Waals surface area contributed by atoms with E-state index in [0.29, 0.717) is 23.3 Å². The van der Waals surface area contributed by atoms with Crippen molar-refractivity contribution < 1.29 is 4.74 Å². The minimum atomic E-state index is 0.355. The van der Waals surface area contributed by atoms with Crippen molar-refractivity contribution >= 4 is 11.6 Å². The molecule has 0 aromatic carbocycles. The third-order valence-electron chi connectivity index (χ3n) is 1.88. The highest BCUT2D eigenvalue weighted by Crippen LogP contribution is 2.22. The molecule has 0 aliphatic heterocycles. The molecule has 0 radical (unpaired) electrons. The number of allylic oxidation sites excluding steroid dienone is 1. The van der Waals surface area contributed by atoms with Gasteiger partial charge in [0.25, 0.3) is 0 Å². The zero-order valence-corrected chi connectivity index (χ0v) is 9.82. The average molecular weight is 216 g/mol. The lowest BCUT2D eigenvalue weighted by atomic mass is 10.0. The van der Waals surface area contributed by atoms with Gasteiger partial charge < -0.3 is 10.1 Å². The van der Waals surface area contributed by atoms with Crippen molar-refractivity contribution in [1.82, 2.24) is 5.32 Å². The number of ether oxygens (including phenoxy) is 1. The van der Waals surface area contributed by atoms with Gasteiger partial charge in [0.05, 0.1) is 12.1 Å². The van der Waals surface area contributed by atoms with Crippen molar-refractivity contribution in [1.29, 1.82) is 0 Å². The summed E-state index contributed by atoms with van der Waals surface area (Å²) in [5.41, 5.74) is 1.09. The molecule has 80 valence electrons. The highest BCUT2D eigenvalue weighted by atomic mass is 35.5. The molecule has 0 aliphatic rings. The lowest BCUT2D eigenvalue weighted by Gasteiger charge is -2.16. The largest absolute Gasteiger partial charge is 0.495 e. The normalized spacial score (nSPS) is 12.1. The number of nitrogens with one attached hydrogen (secondary N) is 1. The van der Waals surface area contributed by atoms with Gasteiger partial charge in [0, 0.05) is 6.54 Å². The summed E-state index contributed by atoms with van der Waals surface area (Å²) >= 11 is 5.83. The Kier molecular flexibility index (Phi) is 6.13. The first kappa shape index (κ1) is 13.1. The Morgan fingerprint density at radius 2 is 2.14 bits per heavy atom. The summed E-state index contributed by atoms with van der Waals surface area (Å²) in [5, 5.41) is 3.46. The molecule has 0 aromatic rings. The summed E-state index contributed by atoms with van der Waals surface area (Å²) in [4.78, 5) is 0. The number of hydrogen-bond donors (Lipinski definition) is 1. The van der Waals surface area contributed by atoms with Crippen LogP contribution in [0, 0.1) is 5.92 Å². The SMILES string of the molecule is C=CNC/C(=C(/OC)C(=C)Cl)C(C)C. The molecule has 0 fully saturated rings. The lowest BCUT2D eigenvalue weighted by Crippen LogP contribution is -2.16. The van der Waals surface area contributed by atoms with Crippen LogP contribution < -0.4 is 5.32 Å². The maximum atomic E-state index is 5.83. The summed E-state index contributed by atoms with van der Waals surface area (Å²) in [6, 6.07) is 0. The van der Waals surface area contributed by atoms with E-state index in [2.05, 4.69) is 32.3 Å². The predicted octanol–water partition coefficient (Wildman–Crippen LogP) is 3.03. The van der Waals surface area contributed by atoms with Gasteiger partial charge in [-0.2, -0.15) is 0 Å². The summed E-state index contributed by atoms with van der Waals surface area (Å²) in [7, 11) is 1.60. The first-order chi connectivity index (χ1) is 6.54. The average Bonchev–Trinajstić information content (AvgIpc) is 2.10. The number of rotatable bonds is 6. The summed E-state index contributed by atoms with van der Waals surface area (Å²) in [6.07, 6.45) is 1.65. The fourth-order valence-electron chi connectivity index (χ4n) is 1.14. The smallest absolute Gasteiger partial charge is 0.138 e. The molecule has 0 unspecified atom stereocenters. The van der Waals surface area contributed by atoms with E-state index >= 15 is 0 Å². The van der Waals surface area contributed by atoms with Crippen LogP contribution in [0.15, 0.2) is 35.7 Å². The van der Waals surface area contributed by atoms with E-state index < -0.39 is 0 Å². The molecule has 0 aliphatic carbocycles. The van der Waals surface area contributed by atoms with Crippen LogP contribution >= 0.6 is 11.6 Å². The second-order valence-corrected chi connectivity index (χ2v) is 3.66. The van der Waals surface area contributed by atoms with Crippen LogP contribution in [0.1, 0.15) is 13.8 Å². The van der Waals surface area contributed by atoms with Crippen LogP contribution in [-0.4, -0.2) is 13.7 Å². The van der Waals surface area contributed by atoms with E-state index in [-0.39, 0.29) is 0 Å². The third-order valence-corrected chi connectivity index (χ3v) is 2.05. The summed E-state index contributed by atoms with van der Waals surface area (Å²) in [6.45, 7) is 12.1. The molecule has 0 aromatic heterocycles. The standard InChI is InChI=1S/C11H18ClNO/c1-6-13-7-10(8(2)3)11(14-5)9(4)12/h6,8,13H,1,4,7H2,2-3,5H3/b11-10-. The first-order valence-corrected chi connectivity index (χ1v) is 4.88. The number of methoxy groups -OCH3 is 1. The maximum absolute atomic E-state index is 5.83. The molecule has 0 amide bonds. The summed E-state index contributed by atoms with van der Waals surface area (Å²) < 4.78 is 5.21. The Balaban J connectivity index is 4.88. The van der Waals surface area contributed by atoms with Gasteiger partial charge in [0.2, 0.25) is 0 Å².